The van der Waals surface area contributed by atoms with Crippen LogP contribution in [0, 0.1) is 0 Å². The number of benzene rings is 2. The first-order valence-corrected chi connectivity index (χ1v) is 9.74. The van der Waals surface area contributed by atoms with Crippen LogP contribution >= 0.6 is 0 Å². The zero-order valence-electron chi connectivity index (χ0n) is 15.9. The van der Waals surface area contributed by atoms with Gasteiger partial charge in [0.1, 0.15) is 11.3 Å². The van der Waals surface area contributed by atoms with Gasteiger partial charge in [0.15, 0.2) is 6.61 Å². The lowest BCUT2D eigenvalue weighted by Gasteiger charge is -2.16. The summed E-state index contributed by atoms with van der Waals surface area (Å²) in [5.74, 6) is 0.263. The van der Waals surface area contributed by atoms with Crippen molar-refractivity contribution in [2.24, 2.45) is 0 Å². The van der Waals surface area contributed by atoms with E-state index in [2.05, 4.69) is 12.2 Å². The number of carbonyl (C=O) groups is 1. The van der Waals surface area contributed by atoms with Crippen LogP contribution in [0.5, 0.6) is 5.75 Å². The first kappa shape index (κ1) is 18.3. The van der Waals surface area contributed by atoms with Crippen LogP contribution in [0.1, 0.15) is 36.5 Å². The summed E-state index contributed by atoms with van der Waals surface area (Å²) >= 11 is 0. The standard InChI is InChI=1S/C23H23NO4/c1-2-15-7-9-16(10-8-15)24-22(25)14-27-17-11-12-19-18-5-3-4-6-20(18)23(26)28-21(19)13-17/h7-13H,2-6,14H2,1H3,(H,24,25). The first-order valence-electron chi connectivity index (χ1n) is 9.74. The highest BCUT2D eigenvalue weighted by molar-refractivity contribution is 5.92. The number of fused-ring (bicyclic) bond motifs is 3. The van der Waals surface area contributed by atoms with Gasteiger partial charge in [-0.2, -0.15) is 0 Å². The molecule has 144 valence electrons. The molecule has 0 saturated heterocycles. The fraction of sp³-hybridized carbons (Fsp3) is 0.304. The summed E-state index contributed by atoms with van der Waals surface area (Å²) in [4.78, 5) is 24.4. The minimum absolute atomic E-state index is 0.115. The van der Waals surface area contributed by atoms with E-state index in [1.165, 1.54) is 5.56 Å². The van der Waals surface area contributed by atoms with Crippen molar-refractivity contribution in [1.82, 2.24) is 0 Å². The van der Waals surface area contributed by atoms with Crippen molar-refractivity contribution in [2.75, 3.05) is 11.9 Å². The van der Waals surface area contributed by atoms with Gasteiger partial charge in [-0.05, 0) is 67.5 Å². The summed E-state index contributed by atoms with van der Waals surface area (Å²) < 4.78 is 11.1. The number of hydrogen-bond acceptors (Lipinski definition) is 4. The van der Waals surface area contributed by atoms with Crippen molar-refractivity contribution in [1.29, 1.82) is 0 Å². The lowest BCUT2D eigenvalue weighted by atomic mass is 9.91. The minimum atomic E-state index is -0.257. The number of carbonyl (C=O) groups excluding carboxylic acids is 1. The van der Waals surface area contributed by atoms with E-state index in [0.29, 0.717) is 11.3 Å². The molecule has 0 radical (unpaired) electrons. The maximum atomic E-state index is 12.2. The second kappa shape index (κ2) is 7.89. The van der Waals surface area contributed by atoms with E-state index >= 15 is 0 Å². The lowest BCUT2D eigenvalue weighted by molar-refractivity contribution is -0.118. The van der Waals surface area contributed by atoms with Crippen LogP contribution < -0.4 is 15.7 Å². The Morgan fingerprint density at radius 1 is 1.07 bits per heavy atom. The molecular formula is C23H23NO4. The van der Waals surface area contributed by atoms with Crippen molar-refractivity contribution in [3.8, 4) is 5.75 Å². The third kappa shape index (κ3) is 3.79. The number of anilines is 1. The van der Waals surface area contributed by atoms with Crippen molar-refractivity contribution in [3.63, 3.8) is 0 Å². The molecule has 1 amide bonds. The maximum Gasteiger partial charge on any atom is 0.339 e. The third-order valence-electron chi connectivity index (χ3n) is 5.21. The second-order valence-electron chi connectivity index (χ2n) is 7.10. The molecule has 0 fully saturated rings. The van der Waals surface area contributed by atoms with Crippen LogP contribution in [0.4, 0.5) is 5.69 Å². The van der Waals surface area contributed by atoms with Crippen LogP contribution in [-0.4, -0.2) is 12.5 Å². The van der Waals surface area contributed by atoms with Gasteiger partial charge in [0.2, 0.25) is 0 Å². The van der Waals surface area contributed by atoms with Crippen molar-refractivity contribution in [3.05, 3.63) is 69.6 Å². The molecular weight excluding hydrogens is 354 g/mol. The molecule has 3 aromatic rings. The highest BCUT2D eigenvalue weighted by Gasteiger charge is 2.18. The number of ether oxygens (including phenoxy) is 1. The molecule has 0 bridgehead atoms. The normalized spacial score (nSPS) is 13.2. The summed E-state index contributed by atoms with van der Waals surface area (Å²) in [5, 5.41) is 3.77. The SMILES string of the molecule is CCc1ccc(NC(=O)COc2ccc3c4c(c(=O)oc3c2)CCCC4)cc1. The second-order valence-corrected chi connectivity index (χ2v) is 7.10. The molecule has 1 heterocycles. The summed E-state index contributed by atoms with van der Waals surface area (Å²) in [6, 6.07) is 13.2. The number of nitrogens with one attached hydrogen (secondary N) is 1. The van der Waals surface area contributed by atoms with Gasteiger partial charge >= 0.3 is 5.63 Å². The molecule has 4 rings (SSSR count). The molecule has 1 aromatic heterocycles. The first-order chi connectivity index (χ1) is 13.6. The van der Waals surface area contributed by atoms with Crippen LogP contribution in [0.3, 0.4) is 0 Å². The fourth-order valence-corrected chi connectivity index (χ4v) is 3.69. The molecule has 1 aliphatic carbocycles. The van der Waals surface area contributed by atoms with Gasteiger partial charge in [-0.15, -0.1) is 0 Å². The van der Waals surface area contributed by atoms with Gasteiger partial charge < -0.3 is 14.5 Å². The van der Waals surface area contributed by atoms with Gasteiger partial charge in [0.05, 0.1) is 0 Å². The number of aryl methyl sites for hydroxylation is 2. The van der Waals surface area contributed by atoms with Crippen molar-refractivity contribution >= 4 is 22.6 Å². The predicted octanol–water partition coefficient (Wildman–Crippen LogP) is 4.25. The molecule has 0 atom stereocenters. The Balaban J connectivity index is 1.46. The molecule has 2 aromatic carbocycles. The lowest BCUT2D eigenvalue weighted by Crippen LogP contribution is -2.20. The molecule has 0 saturated carbocycles. The summed E-state index contributed by atoms with van der Waals surface area (Å²) in [5.41, 5.74) is 4.11. The zero-order chi connectivity index (χ0) is 19.5. The van der Waals surface area contributed by atoms with E-state index in [-0.39, 0.29) is 18.1 Å². The highest BCUT2D eigenvalue weighted by Crippen LogP contribution is 2.29. The summed E-state index contributed by atoms with van der Waals surface area (Å²) in [6.45, 7) is 1.97. The molecule has 0 spiro atoms. The van der Waals surface area contributed by atoms with E-state index in [0.717, 1.165) is 54.3 Å². The van der Waals surface area contributed by atoms with Crippen LogP contribution in [0.25, 0.3) is 11.0 Å². The van der Waals surface area contributed by atoms with E-state index in [1.54, 1.807) is 6.07 Å². The quantitative estimate of drug-likeness (QED) is 0.675. The third-order valence-corrected chi connectivity index (χ3v) is 5.21. The van der Waals surface area contributed by atoms with Crippen molar-refractivity contribution < 1.29 is 13.9 Å². The maximum absolute atomic E-state index is 12.2. The number of rotatable bonds is 5. The Labute approximate surface area is 163 Å². The minimum Gasteiger partial charge on any atom is -0.484 e. The van der Waals surface area contributed by atoms with Crippen LogP contribution in [-0.2, 0) is 24.1 Å². The zero-order valence-corrected chi connectivity index (χ0v) is 15.9. The van der Waals surface area contributed by atoms with E-state index < -0.39 is 0 Å². The van der Waals surface area contributed by atoms with E-state index in [4.69, 9.17) is 9.15 Å². The average Bonchev–Trinajstić information content (AvgIpc) is 2.73. The smallest absolute Gasteiger partial charge is 0.339 e. The van der Waals surface area contributed by atoms with E-state index in [9.17, 15) is 9.59 Å². The topological polar surface area (TPSA) is 68.5 Å². The molecule has 0 aliphatic heterocycles. The Hall–Kier alpha value is -3.08. The summed E-state index contributed by atoms with van der Waals surface area (Å²) in [7, 11) is 0. The van der Waals surface area contributed by atoms with Crippen LogP contribution in [0.15, 0.2) is 51.7 Å². The summed E-state index contributed by atoms with van der Waals surface area (Å²) in [6.07, 6.45) is 4.75. The molecule has 1 N–H and O–H groups in total. The molecule has 0 unspecified atom stereocenters. The molecule has 5 nitrogen and oxygen atoms in total. The Kier molecular flexibility index (Phi) is 5.15. The Morgan fingerprint density at radius 3 is 2.57 bits per heavy atom. The fourth-order valence-electron chi connectivity index (χ4n) is 3.69. The van der Waals surface area contributed by atoms with Gasteiger partial charge in [-0.3, -0.25) is 4.79 Å². The van der Waals surface area contributed by atoms with Gasteiger partial charge in [-0.25, -0.2) is 4.79 Å². The van der Waals surface area contributed by atoms with Gasteiger partial charge in [-0.1, -0.05) is 19.1 Å². The predicted molar refractivity (Wildman–Crippen MR) is 109 cm³/mol. The van der Waals surface area contributed by atoms with Crippen molar-refractivity contribution in [2.45, 2.75) is 39.0 Å². The highest BCUT2D eigenvalue weighted by atomic mass is 16.5. The van der Waals surface area contributed by atoms with Gasteiger partial charge in [0.25, 0.3) is 5.91 Å². The van der Waals surface area contributed by atoms with Gasteiger partial charge in [0, 0.05) is 22.7 Å². The Bertz CT molecular complexity index is 1070. The number of hydrogen-bond donors (Lipinski definition) is 1. The average molecular weight is 377 g/mol. The van der Waals surface area contributed by atoms with E-state index in [1.807, 2.05) is 36.4 Å². The molecule has 1 aliphatic rings. The van der Waals surface area contributed by atoms with Crippen LogP contribution in [0.2, 0.25) is 0 Å². The largest absolute Gasteiger partial charge is 0.484 e. The Morgan fingerprint density at radius 2 is 1.82 bits per heavy atom. The monoisotopic (exact) mass is 377 g/mol. The number of amides is 1. The molecule has 5 heteroatoms. The molecule has 28 heavy (non-hydrogen) atoms.